The number of hydrogen-bond donors (Lipinski definition) is 0. The first-order chi connectivity index (χ1) is 12.7. The van der Waals surface area contributed by atoms with Gasteiger partial charge in [0.25, 0.3) is 5.91 Å². The molecule has 0 spiro atoms. The first-order valence-corrected chi connectivity index (χ1v) is 8.71. The fourth-order valence-electron chi connectivity index (χ4n) is 3.08. The van der Waals surface area contributed by atoms with Crippen LogP contribution in [0.25, 0.3) is 11.1 Å². The van der Waals surface area contributed by atoms with Crippen LogP contribution in [-0.2, 0) is 9.47 Å². The first-order valence-electron chi connectivity index (χ1n) is 8.71. The van der Waals surface area contributed by atoms with Crippen molar-refractivity contribution in [3.05, 3.63) is 59.7 Å². The number of carbonyl (C=O) groups excluding carboxylic acids is 1. The van der Waals surface area contributed by atoms with Gasteiger partial charge in [0, 0.05) is 32.4 Å². The fourth-order valence-corrected chi connectivity index (χ4v) is 3.08. The average molecular weight is 350 g/mol. The van der Waals surface area contributed by atoms with Crippen LogP contribution in [0.15, 0.2) is 48.5 Å². The highest BCUT2D eigenvalue weighted by Crippen LogP contribution is 2.22. The molecule has 1 atom stereocenters. The molecule has 1 fully saturated rings. The predicted octanol–water partition coefficient (Wildman–Crippen LogP) is 3.10. The van der Waals surface area contributed by atoms with E-state index in [9.17, 15) is 4.79 Å². The van der Waals surface area contributed by atoms with Gasteiger partial charge in [-0.05, 0) is 41.8 Å². The molecule has 134 valence electrons. The number of carbonyl (C=O) groups is 1. The van der Waals surface area contributed by atoms with Gasteiger partial charge in [-0.3, -0.25) is 4.79 Å². The number of methoxy groups -OCH3 is 1. The van der Waals surface area contributed by atoms with E-state index in [0.717, 1.165) is 17.5 Å². The molecule has 0 N–H and O–H groups in total. The molecule has 1 aliphatic rings. The Hall–Kier alpha value is -2.68. The second-order valence-electron chi connectivity index (χ2n) is 6.30. The third-order valence-corrected chi connectivity index (χ3v) is 4.53. The van der Waals surface area contributed by atoms with Gasteiger partial charge in [-0.25, -0.2) is 0 Å². The summed E-state index contributed by atoms with van der Waals surface area (Å²) in [6, 6.07) is 17.1. The molecule has 1 aliphatic heterocycles. The highest BCUT2D eigenvalue weighted by molar-refractivity contribution is 5.95. The molecule has 3 rings (SSSR count). The third-order valence-electron chi connectivity index (χ3n) is 4.53. The Balaban J connectivity index is 1.74. The fraction of sp³-hybridized carbons (Fsp3) is 0.333. The maximum atomic E-state index is 12.9. The normalized spacial score (nSPS) is 16.9. The summed E-state index contributed by atoms with van der Waals surface area (Å²) in [5, 5.41) is 8.92. The van der Waals surface area contributed by atoms with Crippen LogP contribution in [0, 0.1) is 11.3 Å². The predicted molar refractivity (Wildman–Crippen MR) is 98.7 cm³/mol. The van der Waals surface area contributed by atoms with E-state index < -0.39 is 0 Å². The Morgan fingerprint density at radius 3 is 2.81 bits per heavy atom. The number of morpholine rings is 1. The zero-order valence-electron chi connectivity index (χ0n) is 14.9. The molecule has 0 unspecified atom stereocenters. The molecule has 0 saturated carbocycles. The minimum absolute atomic E-state index is 0.0196. The summed E-state index contributed by atoms with van der Waals surface area (Å²) in [4.78, 5) is 14.7. The van der Waals surface area contributed by atoms with Crippen molar-refractivity contribution in [3.63, 3.8) is 0 Å². The lowest BCUT2D eigenvalue weighted by Gasteiger charge is -2.33. The molecule has 2 aromatic carbocycles. The Labute approximate surface area is 153 Å². The number of amides is 1. The van der Waals surface area contributed by atoms with Crippen molar-refractivity contribution in [3.8, 4) is 17.2 Å². The Bertz CT molecular complexity index is 796. The summed E-state index contributed by atoms with van der Waals surface area (Å²) in [7, 11) is 1.67. The van der Waals surface area contributed by atoms with E-state index in [1.807, 2.05) is 41.3 Å². The van der Waals surface area contributed by atoms with Gasteiger partial charge in [0.1, 0.15) is 0 Å². The maximum absolute atomic E-state index is 12.9. The van der Waals surface area contributed by atoms with Gasteiger partial charge in [-0.15, -0.1) is 0 Å². The highest BCUT2D eigenvalue weighted by atomic mass is 16.5. The second kappa shape index (κ2) is 8.61. The molecule has 1 saturated heterocycles. The van der Waals surface area contributed by atoms with Crippen molar-refractivity contribution in [2.75, 3.05) is 33.4 Å². The van der Waals surface area contributed by atoms with E-state index in [-0.39, 0.29) is 12.0 Å². The van der Waals surface area contributed by atoms with Crippen LogP contribution in [0.5, 0.6) is 0 Å². The smallest absolute Gasteiger partial charge is 0.254 e. The van der Waals surface area contributed by atoms with Crippen LogP contribution >= 0.6 is 0 Å². The monoisotopic (exact) mass is 350 g/mol. The summed E-state index contributed by atoms with van der Waals surface area (Å²) in [5.41, 5.74) is 3.23. The van der Waals surface area contributed by atoms with Crippen LogP contribution in [0.4, 0.5) is 0 Å². The Kier molecular flexibility index (Phi) is 6.00. The molecule has 1 heterocycles. The van der Waals surface area contributed by atoms with Gasteiger partial charge in [0.05, 0.1) is 24.3 Å². The standard InChI is InChI=1S/C21H22N2O3/c1-25-11-9-20-15-23(10-12-26-20)21(24)19-4-2-3-18(13-19)17-7-5-16(14-22)6-8-17/h2-8,13,20H,9-12,15H2,1H3/t20-/m1/s1. The van der Waals surface area contributed by atoms with Gasteiger partial charge in [0.15, 0.2) is 0 Å². The van der Waals surface area contributed by atoms with Crippen LogP contribution in [0.2, 0.25) is 0 Å². The van der Waals surface area contributed by atoms with E-state index in [4.69, 9.17) is 14.7 Å². The van der Waals surface area contributed by atoms with Gasteiger partial charge < -0.3 is 14.4 Å². The molecular weight excluding hydrogens is 328 g/mol. The third kappa shape index (κ3) is 4.29. The number of hydrogen-bond acceptors (Lipinski definition) is 4. The summed E-state index contributed by atoms with van der Waals surface area (Å²) in [5.74, 6) is 0.0196. The number of benzene rings is 2. The van der Waals surface area contributed by atoms with E-state index in [2.05, 4.69) is 6.07 Å². The lowest BCUT2D eigenvalue weighted by Crippen LogP contribution is -2.45. The second-order valence-corrected chi connectivity index (χ2v) is 6.30. The maximum Gasteiger partial charge on any atom is 0.254 e. The van der Waals surface area contributed by atoms with Crippen molar-refractivity contribution in [2.45, 2.75) is 12.5 Å². The Morgan fingerprint density at radius 1 is 1.27 bits per heavy atom. The lowest BCUT2D eigenvalue weighted by atomic mass is 10.0. The number of nitrogens with zero attached hydrogens (tertiary/aromatic N) is 2. The minimum Gasteiger partial charge on any atom is -0.385 e. The molecule has 5 heteroatoms. The molecule has 1 amide bonds. The first kappa shape index (κ1) is 18.1. The summed E-state index contributed by atoms with van der Waals surface area (Å²) in [6.07, 6.45) is 0.806. The molecule has 5 nitrogen and oxygen atoms in total. The topological polar surface area (TPSA) is 62.6 Å². The summed E-state index contributed by atoms with van der Waals surface area (Å²) >= 11 is 0. The number of nitriles is 1. The highest BCUT2D eigenvalue weighted by Gasteiger charge is 2.25. The molecule has 0 radical (unpaired) electrons. The number of rotatable bonds is 5. The minimum atomic E-state index is 0.0196. The summed E-state index contributed by atoms with van der Waals surface area (Å²) < 4.78 is 10.8. The zero-order valence-corrected chi connectivity index (χ0v) is 14.9. The number of ether oxygens (including phenoxy) is 2. The van der Waals surface area contributed by atoms with Crippen LogP contribution < -0.4 is 0 Å². The van der Waals surface area contributed by atoms with Crippen LogP contribution in [-0.4, -0.2) is 50.3 Å². The van der Waals surface area contributed by atoms with Crippen molar-refractivity contribution in [1.82, 2.24) is 4.90 Å². The van der Waals surface area contributed by atoms with Gasteiger partial charge in [-0.1, -0.05) is 24.3 Å². The van der Waals surface area contributed by atoms with Crippen molar-refractivity contribution < 1.29 is 14.3 Å². The van der Waals surface area contributed by atoms with Gasteiger partial charge in [0.2, 0.25) is 0 Å². The van der Waals surface area contributed by atoms with E-state index in [1.54, 1.807) is 19.2 Å². The Morgan fingerprint density at radius 2 is 2.08 bits per heavy atom. The molecule has 0 aromatic heterocycles. The molecule has 2 aromatic rings. The average Bonchev–Trinajstić information content (AvgIpc) is 2.72. The molecular formula is C21H22N2O3. The van der Waals surface area contributed by atoms with Crippen LogP contribution in [0.1, 0.15) is 22.3 Å². The zero-order chi connectivity index (χ0) is 18.4. The largest absolute Gasteiger partial charge is 0.385 e. The van der Waals surface area contributed by atoms with Crippen molar-refractivity contribution in [2.24, 2.45) is 0 Å². The van der Waals surface area contributed by atoms with E-state index in [1.165, 1.54) is 0 Å². The quantitative estimate of drug-likeness (QED) is 0.831. The molecule has 0 aliphatic carbocycles. The van der Waals surface area contributed by atoms with Crippen LogP contribution in [0.3, 0.4) is 0 Å². The van der Waals surface area contributed by atoms with Gasteiger partial charge >= 0.3 is 0 Å². The molecule has 0 bridgehead atoms. The van der Waals surface area contributed by atoms with E-state index in [0.29, 0.717) is 37.4 Å². The van der Waals surface area contributed by atoms with Crippen molar-refractivity contribution >= 4 is 5.91 Å². The van der Waals surface area contributed by atoms with Gasteiger partial charge in [-0.2, -0.15) is 5.26 Å². The van der Waals surface area contributed by atoms with Crippen molar-refractivity contribution in [1.29, 1.82) is 5.26 Å². The summed E-state index contributed by atoms with van der Waals surface area (Å²) in [6.45, 7) is 2.36. The SMILES string of the molecule is COCC[C@@H]1CN(C(=O)c2cccc(-c3ccc(C#N)cc3)c2)CCO1. The van der Waals surface area contributed by atoms with E-state index >= 15 is 0 Å². The molecule has 26 heavy (non-hydrogen) atoms. The lowest BCUT2D eigenvalue weighted by molar-refractivity contribution is -0.0332.